The van der Waals surface area contributed by atoms with Crippen LogP contribution >= 0.6 is 0 Å². The number of hydrogen-bond donors (Lipinski definition) is 2. The molecule has 178 valence electrons. The van der Waals surface area contributed by atoms with Gasteiger partial charge in [-0.2, -0.15) is 0 Å². The van der Waals surface area contributed by atoms with Gasteiger partial charge in [0, 0.05) is 12.1 Å². The van der Waals surface area contributed by atoms with Crippen LogP contribution in [0, 0.1) is 53.3 Å². The topological polar surface area (TPSA) is 52.0 Å². The van der Waals surface area contributed by atoms with Gasteiger partial charge in [0.05, 0.1) is 0 Å². The molecule has 0 aromatic heterocycles. The maximum atomic E-state index is 6.61. The van der Waals surface area contributed by atoms with Crippen LogP contribution in [0.2, 0.25) is 0 Å². The molecule has 0 aromatic carbocycles. The van der Waals surface area contributed by atoms with Gasteiger partial charge in [0.15, 0.2) is 0 Å². The lowest BCUT2D eigenvalue weighted by atomic mass is 9.55. The van der Waals surface area contributed by atoms with Crippen LogP contribution in [-0.4, -0.2) is 12.1 Å². The molecule has 0 bridgehead atoms. The number of unbranched alkanes of at least 4 members (excludes halogenated alkanes) is 6. The van der Waals surface area contributed by atoms with E-state index in [2.05, 4.69) is 48.5 Å². The zero-order valence-corrected chi connectivity index (χ0v) is 21.6. The third kappa shape index (κ3) is 6.25. The summed E-state index contributed by atoms with van der Waals surface area (Å²) in [5, 5.41) is 0. The standard InChI is InChI=1S/C28H56N2/c1-8-9-10-11-12-13-14-15-24(25-16-18(2)27(29)22(6)20(25)4)26-17-19(3)28(30)23(7)21(26)5/h18-28H,8-17,29-30H2,1-7H3. The first-order valence-corrected chi connectivity index (χ1v) is 13.7. The summed E-state index contributed by atoms with van der Waals surface area (Å²) in [7, 11) is 0. The Morgan fingerprint density at radius 1 is 0.600 bits per heavy atom. The van der Waals surface area contributed by atoms with E-state index in [0.29, 0.717) is 35.8 Å². The van der Waals surface area contributed by atoms with Crippen molar-refractivity contribution < 1.29 is 0 Å². The molecule has 10 atom stereocenters. The molecule has 2 aliphatic rings. The molecule has 4 N–H and O–H groups in total. The summed E-state index contributed by atoms with van der Waals surface area (Å²) in [6, 6.07) is 0.760. The molecule has 0 amide bonds. The lowest BCUT2D eigenvalue weighted by molar-refractivity contribution is -0.0122. The Morgan fingerprint density at radius 3 is 1.43 bits per heavy atom. The van der Waals surface area contributed by atoms with E-state index in [0.717, 1.165) is 29.6 Å². The first-order chi connectivity index (χ1) is 14.2. The molecule has 2 heteroatoms. The molecule has 2 nitrogen and oxygen atoms in total. The van der Waals surface area contributed by atoms with E-state index >= 15 is 0 Å². The van der Waals surface area contributed by atoms with Crippen LogP contribution in [0.15, 0.2) is 0 Å². The fourth-order valence-electron chi connectivity index (χ4n) is 7.33. The SMILES string of the molecule is CCCCCCCCCC(C1CC(C)C(N)C(C)C1C)C1CC(C)C(N)C(C)C1C. The largest absolute Gasteiger partial charge is 0.327 e. The summed E-state index contributed by atoms with van der Waals surface area (Å²) in [6.07, 6.45) is 14.0. The van der Waals surface area contributed by atoms with Crippen LogP contribution in [0.4, 0.5) is 0 Å². The van der Waals surface area contributed by atoms with E-state index in [1.807, 2.05) is 0 Å². The Bertz CT molecular complexity index is 443. The molecule has 0 saturated heterocycles. The number of hydrogen-bond acceptors (Lipinski definition) is 2. The second-order valence-electron chi connectivity index (χ2n) is 11.9. The smallest absolute Gasteiger partial charge is 0.00931 e. The van der Waals surface area contributed by atoms with Gasteiger partial charge in [0.25, 0.3) is 0 Å². The van der Waals surface area contributed by atoms with E-state index < -0.39 is 0 Å². The van der Waals surface area contributed by atoms with Crippen molar-refractivity contribution in [2.45, 2.75) is 125 Å². The van der Waals surface area contributed by atoms with Crippen molar-refractivity contribution in [2.75, 3.05) is 0 Å². The predicted octanol–water partition coefficient (Wildman–Crippen LogP) is 7.25. The van der Waals surface area contributed by atoms with E-state index in [1.54, 1.807) is 0 Å². The fraction of sp³-hybridized carbons (Fsp3) is 1.00. The molecule has 2 fully saturated rings. The lowest BCUT2D eigenvalue weighted by Gasteiger charge is -2.52. The Balaban J connectivity index is 2.10. The lowest BCUT2D eigenvalue weighted by Crippen LogP contribution is -2.52. The molecule has 10 unspecified atom stereocenters. The highest BCUT2D eigenvalue weighted by Gasteiger charge is 2.46. The van der Waals surface area contributed by atoms with Crippen molar-refractivity contribution in [3.8, 4) is 0 Å². The van der Waals surface area contributed by atoms with Crippen molar-refractivity contribution in [2.24, 2.45) is 64.7 Å². The maximum Gasteiger partial charge on any atom is 0.00931 e. The van der Waals surface area contributed by atoms with Crippen LogP contribution in [-0.2, 0) is 0 Å². The summed E-state index contributed by atoms with van der Waals surface area (Å²) < 4.78 is 0. The van der Waals surface area contributed by atoms with Gasteiger partial charge >= 0.3 is 0 Å². The molecule has 0 radical (unpaired) electrons. The first-order valence-electron chi connectivity index (χ1n) is 13.7. The van der Waals surface area contributed by atoms with Crippen molar-refractivity contribution in [1.82, 2.24) is 0 Å². The summed E-state index contributed by atoms with van der Waals surface area (Å²) in [5.74, 6) is 6.66. The third-order valence-corrected chi connectivity index (χ3v) is 10.1. The number of rotatable bonds is 10. The highest BCUT2D eigenvalue weighted by atomic mass is 14.7. The summed E-state index contributed by atoms with van der Waals surface area (Å²) in [4.78, 5) is 0. The van der Waals surface area contributed by atoms with E-state index in [4.69, 9.17) is 11.5 Å². The Labute approximate surface area is 189 Å². The predicted molar refractivity (Wildman–Crippen MR) is 133 cm³/mol. The summed E-state index contributed by atoms with van der Waals surface area (Å²) >= 11 is 0. The molecule has 0 heterocycles. The van der Waals surface area contributed by atoms with Gasteiger partial charge in [0.2, 0.25) is 0 Å². The summed E-state index contributed by atoms with van der Waals surface area (Å²) in [6.45, 7) is 17.0. The Kier molecular flexibility index (Phi) is 10.7. The van der Waals surface area contributed by atoms with Gasteiger partial charge < -0.3 is 11.5 Å². The van der Waals surface area contributed by atoms with Gasteiger partial charge in [-0.25, -0.2) is 0 Å². The normalized spacial score (nSPS) is 43.5. The Hall–Kier alpha value is -0.0800. The van der Waals surface area contributed by atoms with Crippen LogP contribution in [0.1, 0.15) is 113 Å². The van der Waals surface area contributed by atoms with Crippen LogP contribution in [0.3, 0.4) is 0 Å². The average Bonchev–Trinajstić information content (AvgIpc) is 2.73. The van der Waals surface area contributed by atoms with Crippen LogP contribution in [0.5, 0.6) is 0 Å². The van der Waals surface area contributed by atoms with Gasteiger partial charge in [-0.05, 0) is 72.5 Å². The van der Waals surface area contributed by atoms with Crippen molar-refractivity contribution in [3.63, 3.8) is 0 Å². The maximum absolute atomic E-state index is 6.61. The fourth-order valence-corrected chi connectivity index (χ4v) is 7.33. The van der Waals surface area contributed by atoms with E-state index in [9.17, 15) is 0 Å². The molecule has 2 aliphatic carbocycles. The second-order valence-corrected chi connectivity index (χ2v) is 11.9. The molecular formula is C28H56N2. The van der Waals surface area contributed by atoms with Crippen molar-refractivity contribution >= 4 is 0 Å². The molecule has 2 saturated carbocycles. The van der Waals surface area contributed by atoms with Crippen LogP contribution in [0.25, 0.3) is 0 Å². The van der Waals surface area contributed by atoms with Crippen molar-refractivity contribution in [1.29, 1.82) is 0 Å². The number of nitrogens with two attached hydrogens (primary N) is 2. The third-order valence-electron chi connectivity index (χ3n) is 10.1. The molecule has 2 rings (SSSR count). The molecular weight excluding hydrogens is 364 g/mol. The molecule has 0 aliphatic heterocycles. The molecule has 30 heavy (non-hydrogen) atoms. The molecule has 0 spiro atoms. The highest BCUT2D eigenvalue weighted by Crippen LogP contribution is 2.50. The van der Waals surface area contributed by atoms with Gasteiger partial charge in [-0.15, -0.1) is 0 Å². The minimum absolute atomic E-state index is 0.380. The highest BCUT2D eigenvalue weighted by molar-refractivity contribution is 4.97. The first kappa shape index (κ1) is 26.2. The van der Waals surface area contributed by atoms with Gasteiger partial charge in [0.1, 0.15) is 0 Å². The zero-order valence-electron chi connectivity index (χ0n) is 21.6. The quantitative estimate of drug-likeness (QED) is 0.365. The average molecular weight is 421 g/mol. The van der Waals surface area contributed by atoms with Gasteiger partial charge in [-0.1, -0.05) is 93.4 Å². The molecule has 0 aromatic rings. The van der Waals surface area contributed by atoms with E-state index in [1.165, 1.54) is 64.2 Å². The monoisotopic (exact) mass is 420 g/mol. The zero-order chi connectivity index (χ0) is 22.4. The minimum atomic E-state index is 0.380. The Morgan fingerprint density at radius 2 is 1.00 bits per heavy atom. The minimum Gasteiger partial charge on any atom is -0.327 e. The van der Waals surface area contributed by atoms with Crippen LogP contribution < -0.4 is 11.5 Å². The van der Waals surface area contributed by atoms with Gasteiger partial charge in [-0.3, -0.25) is 0 Å². The van der Waals surface area contributed by atoms with E-state index in [-0.39, 0.29) is 0 Å². The summed E-state index contributed by atoms with van der Waals surface area (Å²) in [5.41, 5.74) is 13.2. The second kappa shape index (κ2) is 12.2. The van der Waals surface area contributed by atoms with Crippen molar-refractivity contribution in [3.05, 3.63) is 0 Å².